The van der Waals surface area contributed by atoms with E-state index >= 15 is 0 Å². The Morgan fingerprint density at radius 3 is 2.79 bits per heavy atom. The summed E-state index contributed by atoms with van der Waals surface area (Å²) in [6, 6.07) is 8.93. The Bertz CT molecular complexity index is 980. The van der Waals surface area contributed by atoms with Crippen LogP contribution in [0, 0.1) is 5.82 Å². The fraction of sp³-hybridized carbons (Fsp3) is 0.238. The number of allylic oxidation sites excluding steroid dienone is 1. The molecule has 8 heteroatoms. The van der Waals surface area contributed by atoms with Gasteiger partial charge in [-0.25, -0.2) is 4.39 Å². The molecule has 0 unspecified atom stereocenters. The zero-order valence-electron chi connectivity index (χ0n) is 15.3. The summed E-state index contributed by atoms with van der Waals surface area (Å²) < 4.78 is 30.4. The van der Waals surface area contributed by atoms with Crippen molar-refractivity contribution in [3.63, 3.8) is 0 Å². The zero-order valence-corrected chi connectivity index (χ0v) is 16.1. The maximum absolute atomic E-state index is 14.0. The lowest BCUT2D eigenvalue weighted by Crippen LogP contribution is -2.42. The molecule has 2 aromatic carbocycles. The quantitative estimate of drug-likeness (QED) is 0.714. The number of carbonyl (C=O) groups is 2. The van der Waals surface area contributed by atoms with E-state index in [0.717, 1.165) is 0 Å². The number of ether oxygens (including phenoxy) is 3. The Balaban J connectivity index is 1.47. The minimum atomic E-state index is -0.553. The molecule has 0 spiro atoms. The van der Waals surface area contributed by atoms with E-state index in [1.165, 1.54) is 30.3 Å². The van der Waals surface area contributed by atoms with Crippen molar-refractivity contribution in [2.75, 3.05) is 32.9 Å². The van der Waals surface area contributed by atoms with Crippen LogP contribution in [0.25, 0.3) is 6.08 Å². The summed E-state index contributed by atoms with van der Waals surface area (Å²) in [6.07, 6.45) is 1.28. The summed E-state index contributed by atoms with van der Waals surface area (Å²) in [6.45, 7) is 1.98. The number of fused-ring (bicyclic) bond motifs is 1. The largest absolute Gasteiger partial charge is 0.484 e. The SMILES string of the molecule is O=C1C(=Cc2c(F)cccc2Cl)Oc2cc(OCC(=O)N3CCOCC3)ccc21. The Morgan fingerprint density at radius 1 is 1.24 bits per heavy atom. The van der Waals surface area contributed by atoms with Gasteiger partial charge in [0.2, 0.25) is 5.78 Å². The topological polar surface area (TPSA) is 65.1 Å². The number of hydrogen-bond donors (Lipinski definition) is 0. The third kappa shape index (κ3) is 4.11. The van der Waals surface area contributed by atoms with Crippen molar-refractivity contribution in [1.82, 2.24) is 4.90 Å². The van der Waals surface area contributed by atoms with Gasteiger partial charge < -0.3 is 19.1 Å². The zero-order chi connectivity index (χ0) is 20.4. The molecule has 0 atom stereocenters. The van der Waals surface area contributed by atoms with Gasteiger partial charge in [0.1, 0.15) is 17.3 Å². The molecule has 2 heterocycles. The predicted molar refractivity (Wildman–Crippen MR) is 104 cm³/mol. The van der Waals surface area contributed by atoms with E-state index in [2.05, 4.69) is 0 Å². The van der Waals surface area contributed by atoms with Crippen LogP contribution in [0.5, 0.6) is 11.5 Å². The smallest absolute Gasteiger partial charge is 0.260 e. The number of rotatable bonds is 4. The first kappa shape index (κ1) is 19.4. The third-order valence-electron chi connectivity index (χ3n) is 4.64. The Hall–Kier alpha value is -2.90. The standard InChI is InChI=1S/C21H17ClFNO5/c22-16-2-1-3-17(23)15(16)11-19-21(26)14-5-4-13(10-18(14)29-19)28-12-20(25)24-6-8-27-9-7-24/h1-5,10-11H,6-9,12H2. The van der Waals surface area contributed by atoms with Gasteiger partial charge >= 0.3 is 0 Å². The van der Waals surface area contributed by atoms with Crippen LogP contribution in [0.4, 0.5) is 4.39 Å². The van der Waals surface area contributed by atoms with Gasteiger partial charge in [0.25, 0.3) is 5.91 Å². The summed E-state index contributed by atoms with van der Waals surface area (Å²) >= 11 is 6.01. The lowest BCUT2D eigenvalue weighted by atomic mass is 10.1. The van der Waals surface area contributed by atoms with E-state index in [1.54, 1.807) is 17.0 Å². The molecule has 6 nitrogen and oxygen atoms in total. The summed E-state index contributed by atoms with van der Waals surface area (Å²) in [5.41, 5.74) is 0.411. The van der Waals surface area contributed by atoms with Crippen molar-refractivity contribution in [2.24, 2.45) is 0 Å². The van der Waals surface area contributed by atoms with Crippen molar-refractivity contribution < 1.29 is 28.2 Å². The van der Waals surface area contributed by atoms with Crippen LogP contribution in [0.2, 0.25) is 5.02 Å². The molecule has 1 amide bonds. The highest BCUT2D eigenvalue weighted by atomic mass is 35.5. The Morgan fingerprint density at radius 2 is 2.03 bits per heavy atom. The first-order valence-electron chi connectivity index (χ1n) is 9.03. The fourth-order valence-corrected chi connectivity index (χ4v) is 3.30. The molecular weight excluding hydrogens is 401 g/mol. The molecule has 0 saturated carbocycles. The average Bonchev–Trinajstić information content (AvgIpc) is 3.04. The van der Waals surface area contributed by atoms with Crippen molar-refractivity contribution in [3.8, 4) is 11.5 Å². The van der Waals surface area contributed by atoms with E-state index in [1.807, 2.05) is 0 Å². The van der Waals surface area contributed by atoms with Gasteiger partial charge in [-0.2, -0.15) is 0 Å². The van der Waals surface area contributed by atoms with Gasteiger partial charge in [-0.15, -0.1) is 0 Å². The van der Waals surface area contributed by atoms with Crippen molar-refractivity contribution in [2.45, 2.75) is 0 Å². The molecule has 4 rings (SSSR count). The average molecular weight is 418 g/mol. The van der Waals surface area contributed by atoms with E-state index in [0.29, 0.717) is 37.6 Å². The molecule has 1 saturated heterocycles. The lowest BCUT2D eigenvalue weighted by molar-refractivity contribution is -0.137. The lowest BCUT2D eigenvalue weighted by Gasteiger charge is -2.26. The summed E-state index contributed by atoms with van der Waals surface area (Å²) in [5.74, 6) is -0.430. The highest BCUT2D eigenvalue weighted by molar-refractivity contribution is 6.32. The number of benzene rings is 2. The van der Waals surface area contributed by atoms with Crippen LogP contribution < -0.4 is 9.47 Å². The van der Waals surface area contributed by atoms with Crippen LogP contribution in [0.15, 0.2) is 42.2 Å². The molecule has 2 aliphatic rings. The van der Waals surface area contributed by atoms with Crippen molar-refractivity contribution in [3.05, 3.63) is 64.1 Å². The highest BCUT2D eigenvalue weighted by Crippen LogP contribution is 2.35. The van der Waals surface area contributed by atoms with Crippen LogP contribution in [-0.4, -0.2) is 49.5 Å². The minimum absolute atomic E-state index is 0.0338. The number of ketones is 1. The first-order chi connectivity index (χ1) is 14.0. The second-order valence-electron chi connectivity index (χ2n) is 6.51. The number of hydrogen-bond acceptors (Lipinski definition) is 5. The molecule has 0 aromatic heterocycles. The molecular formula is C21H17ClFNO5. The first-order valence-corrected chi connectivity index (χ1v) is 9.41. The Kier molecular flexibility index (Phi) is 5.51. The number of nitrogens with zero attached hydrogens (tertiary/aromatic N) is 1. The van der Waals surface area contributed by atoms with Gasteiger partial charge in [0.15, 0.2) is 12.4 Å². The summed E-state index contributed by atoms with van der Waals surface area (Å²) in [7, 11) is 0. The molecule has 2 aromatic rings. The molecule has 150 valence electrons. The molecule has 2 aliphatic heterocycles. The molecule has 0 bridgehead atoms. The van der Waals surface area contributed by atoms with Crippen molar-refractivity contribution in [1.29, 1.82) is 0 Å². The number of Topliss-reactive ketones (excluding diaryl/α,β-unsaturated/α-hetero) is 1. The second kappa shape index (κ2) is 8.23. The second-order valence-corrected chi connectivity index (χ2v) is 6.92. The van der Waals surface area contributed by atoms with Gasteiger partial charge in [0, 0.05) is 24.7 Å². The van der Waals surface area contributed by atoms with Crippen LogP contribution in [0.1, 0.15) is 15.9 Å². The van der Waals surface area contributed by atoms with E-state index in [9.17, 15) is 14.0 Å². The molecule has 0 N–H and O–H groups in total. The summed E-state index contributed by atoms with van der Waals surface area (Å²) in [4.78, 5) is 26.4. The Labute approximate surface area is 171 Å². The number of morpholine rings is 1. The maximum atomic E-state index is 14.0. The van der Waals surface area contributed by atoms with E-state index < -0.39 is 5.82 Å². The normalized spacial score (nSPS) is 17.2. The van der Waals surface area contributed by atoms with E-state index in [-0.39, 0.29) is 40.4 Å². The highest BCUT2D eigenvalue weighted by Gasteiger charge is 2.28. The van der Waals surface area contributed by atoms with E-state index in [4.69, 9.17) is 25.8 Å². The van der Waals surface area contributed by atoms with Crippen LogP contribution >= 0.6 is 11.6 Å². The minimum Gasteiger partial charge on any atom is -0.484 e. The summed E-state index contributed by atoms with van der Waals surface area (Å²) in [5, 5.41) is 0.176. The molecule has 0 aliphatic carbocycles. The monoisotopic (exact) mass is 417 g/mol. The number of carbonyl (C=O) groups excluding carboxylic acids is 2. The number of amides is 1. The van der Waals surface area contributed by atoms with Gasteiger partial charge in [-0.05, 0) is 30.3 Å². The van der Waals surface area contributed by atoms with Gasteiger partial charge in [-0.1, -0.05) is 17.7 Å². The maximum Gasteiger partial charge on any atom is 0.260 e. The molecule has 29 heavy (non-hydrogen) atoms. The van der Waals surface area contributed by atoms with Crippen molar-refractivity contribution >= 4 is 29.4 Å². The fourth-order valence-electron chi connectivity index (χ4n) is 3.09. The van der Waals surface area contributed by atoms with Crippen LogP contribution in [-0.2, 0) is 9.53 Å². The van der Waals surface area contributed by atoms with Crippen LogP contribution in [0.3, 0.4) is 0 Å². The predicted octanol–water partition coefficient (Wildman–Crippen LogP) is 3.33. The van der Waals surface area contributed by atoms with Gasteiger partial charge in [-0.3, -0.25) is 9.59 Å². The third-order valence-corrected chi connectivity index (χ3v) is 4.97. The van der Waals surface area contributed by atoms with Gasteiger partial charge in [0.05, 0.1) is 23.8 Å². The molecule has 0 radical (unpaired) electrons. The number of halogens is 2. The molecule has 1 fully saturated rings.